The molecule has 2 aromatic carbocycles. The number of anilines is 1. The number of fused-ring (bicyclic) bond motifs is 1. The molecule has 0 saturated heterocycles. The van der Waals surface area contributed by atoms with Gasteiger partial charge in [0.05, 0.1) is 5.57 Å². The van der Waals surface area contributed by atoms with E-state index in [0.29, 0.717) is 11.3 Å². The number of aryl methyl sites for hydroxylation is 1. The highest BCUT2D eigenvalue weighted by atomic mass is 79.9. The molecule has 1 N–H and O–H groups in total. The smallest absolute Gasteiger partial charge is 0.294 e. The summed E-state index contributed by atoms with van der Waals surface area (Å²) in [6.45, 7) is 1.93. The van der Waals surface area contributed by atoms with Crippen molar-refractivity contribution in [1.29, 1.82) is 0 Å². The standard InChI is InChI=1S/C24H16BrNO4S/c1-13-4-2-5-16(10-13)26-21(19-6-3-9-31-19)20(23(28)24(26)29)22(27)18-12-14-11-15(25)7-8-17(14)30-18/h2-12,21,28H,1H3. The molecule has 5 nitrogen and oxygen atoms in total. The number of nitrogens with zero attached hydrogens (tertiary/aromatic N) is 1. The van der Waals surface area contributed by atoms with Crippen molar-refractivity contribution in [3.8, 4) is 0 Å². The van der Waals surface area contributed by atoms with Crippen LogP contribution in [0.25, 0.3) is 11.0 Å². The second kappa shape index (κ2) is 7.51. The molecule has 1 aliphatic heterocycles. The molecule has 154 valence electrons. The topological polar surface area (TPSA) is 70.8 Å². The molecule has 0 aliphatic carbocycles. The van der Waals surface area contributed by atoms with Gasteiger partial charge in [0, 0.05) is 20.4 Å². The highest BCUT2D eigenvalue weighted by Gasteiger charge is 2.45. The lowest BCUT2D eigenvalue weighted by Gasteiger charge is -2.25. The molecule has 5 rings (SSSR count). The Morgan fingerprint density at radius 1 is 1.13 bits per heavy atom. The van der Waals surface area contributed by atoms with Crippen molar-refractivity contribution in [3.63, 3.8) is 0 Å². The summed E-state index contributed by atoms with van der Waals surface area (Å²) in [5.74, 6) is -1.58. The number of amides is 1. The van der Waals surface area contributed by atoms with Gasteiger partial charge in [0.1, 0.15) is 11.6 Å². The number of benzene rings is 2. The van der Waals surface area contributed by atoms with Crippen LogP contribution in [0, 0.1) is 6.92 Å². The Bertz CT molecular complexity index is 1370. The van der Waals surface area contributed by atoms with E-state index in [0.717, 1.165) is 20.3 Å². The number of hydrogen-bond donors (Lipinski definition) is 1. The van der Waals surface area contributed by atoms with E-state index in [4.69, 9.17) is 4.42 Å². The molecule has 1 atom stereocenters. The van der Waals surface area contributed by atoms with E-state index in [-0.39, 0.29) is 11.3 Å². The normalized spacial score (nSPS) is 16.5. The van der Waals surface area contributed by atoms with Crippen LogP contribution >= 0.6 is 27.3 Å². The van der Waals surface area contributed by atoms with Gasteiger partial charge in [-0.15, -0.1) is 11.3 Å². The van der Waals surface area contributed by atoms with Crippen molar-refractivity contribution in [2.75, 3.05) is 4.90 Å². The Morgan fingerprint density at radius 2 is 1.97 bits per heavy atom. The SMILES string of the molecule is Cc1cccc(N2C(=O)C(O)=C(C(=O)c3cc4cc(Br)ccc4o3)C2c2cccs2)c1. The third-order valence-corrected chi connectivity index (χ3v) is 6.67. The van der Waals surface area contributed by atoms with E-state index in [1.807, 2.05) is 54.8 Å². The molecule has 7 heteroatoms. The predicted molar refractivity (Wildman–Crippen MR) is 124 cm³/mol. The number of furan rings is 1. The maximum absolute atomic E-state index is 13.5. The van der Waals surface area contributed by atoms with E-state index < -0.39 is 23.5 Å². The fraction of sp³-hybridized carbons (Fsp3) is 0.0833. The zero-order valence-corrected chi connectivity index (χ0v) is 18.7. The van der Waals surface area contributed by atoms with Crippen LogP contribution in [0.2, 0.25) is 0 Å². The van der Waals surface area contributed by atoms with Crippen LogP contribution in [0.3, 0.4) is 0 Å². The van der Waals surface area contributed by atoms with Gasteiger partial charge in [0.15, 0.2) is 11.5 Å². The fourth-order valence-corrected chi connectivity index (χ4v) is 5.06. The Kier molecular flexibility index (Phi) is 4.79. The molecule has 1 amide bonds. The Labute approximate surface area is 190 Å². The fourth-order valence-electron chi connectivity index (χ4n) is 3.86. The first-order valence-corrected chi connectivity index (χ1v) is 11.2. The monoisotopic (exact) mass is 493 g/mol. The van der Waals surface area contributed by atoms with Gasteiger partial charge in [-0.3, -0.25) is 14.5 Å². The summed E-state index contributed by atoms with van der Waals surface area (Å²) >= 11 is 4.83. The zero-order valence-electron chi connectivity index (χ0n) is 16.3. The van der Waals surface area contributed by atoms with Crippen LogP contribution in [0.5, 0.6) is 0 Å². The van der Waals surface area contributed by atoms with Crippen LogP contribution in [-0.4, -0.2) is 16.8 Å². The summed E-state index contributed by atoms with van der Waals surface area (Å²) in [7, 11) is 0. The summed E-state index contributed by atoms with van der Waals surface area (Å²) in [6, 6.07) is 17.5. The molecule has 1 aliphatic rings. The van der Waals surface area contributed by atoms with Crippen molar-refractivity contribution >= 4 is 55.6 Å². The number of halogens is 1. The van der Waals surface area contributed by atoms with Gasteiger partial charge in [0.25, 0.3) is 5.91 Å². The second-order valence-corrected chi connectivity index (χ2v) is 9.21. The third-order valence-electron chi connectivity index (χ3n) is 5.25. The maximum Gasteiger partial charge on any atom is 0.294 e. The molecule has 4 aromatic rings. The molecule has 0 saturated carbocycles. The summed E-state index contributed by atoms with van der Waals surface area (Å²) in [5, 5.41) is 13.4. The van der Waals surface area contributed by atoms with Gasteiger partial charge in [-0.1, -0.05) is 34.1 Å². The molecule has 0 bridgehead atoms. The number of aliphatic hydroxyl groups is 1. The summed E-state index contributed by atoms with van der Waals surface area (Å²) in [5.41, 5.74) is 2.16. The molecule has 0 fully saturated rings. The first-order valence-electron chi connectivity index (χ1n) is 9.54. The number of thiophene rings is 1. The molecule has 31 heavy (non-hydrogen) atoms. The lowest BCUT2D eigenvalue weighted by Crippen LogP contribution is -2.30. The number of Topliss-reactive ketones (excluding diaryl/α,β-unsaturated/α-hetero) is 1. The summed E-state index contributed by atoms with van der Waals surface area (Å²) < 4.78 is 6.63. The minimum atomic E-state index is -0.734. The van der Waals surface area contributed by atoms with E-state index in [9.17, 15) is 14.7 Å². The van der Waals surface area contributed by atoms with E-state index >= 15 is 0 Å². The quantitative estimate of drug-likeness (QED) is 0.336. The van der Waals surface area contributed by atoms with Crippen molar-refractivity contribution < 1.29 is 19.1 Å². The molecule has 3 heterocycles. The molecule has 0 radical (unpaired) electrons. The van der Waals surface area contributed by atoms with E-state index in [1.165, 1.54) is 16.2 Å². The van der Waals surface area contributed by atoms with Gasteiger partial charge in [-0.2, -0.15) is 0 Å². The first kappa shape index (κ1) is 19.8. The van der Waals surface area contributed by atoms with Gasteiger partial charge in [-0.25, -0.2) is 0 Å². The number of aliphatic hydroxyl groups excluding tert-OH is 1. The van der Waals surface area contributed by atoms with Crippen LogP contribution in [0.15, 0.2) is 86.3 Å². The molecular formula is C24H16BrNO4S. The zero-order chi connectivity index (χ0) is 21.7. The minimum Gasteiger partial charge on any atom is -0.503 e. The Balaban J connectivity index is 1.64. The van der Waals surface area contributed by atoms with Gasteiger partial charge in [-0.05, 0) is 60.3 Å². The number of carbonyl (C=O) groups is 2. The average molecular weight is 494 g/mol. The summed E-state index contributed by atoms with van der Waals surface area (Å²) in [4.78, 5) is 28.9. The van der Waals surface area contributed by atoms with Crippen LogP contribution in [-0.2, 0) is 4.79 Å². The number of ketones is 1. The Hall–Kier alpha value is -3.16. The minimum absolute atomic E-state index is 0.0204. The number of rotatable bonds is 4. The predicted octanol–water partition coefficient (Wildman–Crippen LogP) is 6.35. The number of carbonyl (C=O) groups excluding carboxylic acids is 2. The van der Waals surface area contributed by atoms with Gasteiger partial charge < -0.3 is 9.52 Å². The van der Waals surface area contributed by atoms with Crippen molar-refractivity contribution in [3.05, 3.63) is 98.0 Å². The molecular weight excluding hydrogens is 478 g/mol. The third kappa shape index (κ3) is 3.30. The van der Waals surface area contributed by atoms with Crippen molar-refractivity contribution in [2.45, 2.75) is 13.0 Å². The average Bonchev–Trinajstić information content (AvgIpc) is 3.46. The first-order chi connectivity index (χ1) is 14.9. The van der Waals surface area contributed by atoms with Crippen LogP contribution in [0.1, 0.15) is 27.0 Å². The maximum atomic E-state index is 13.5. The molecule has 0 spiro atoms. The highest BCUT2D eigenvalue weighted by Crippen LogP contribution is 2.43. The lowest BCUT2D eigenvalue weighted by atomic mass is 10.00. The number of hydrogen-bond acceptors (Lipinski definition) is 5. The highest BCUT2D eigenvalue weighted by molar-refractivity contribution is 9.10. The van der Waals surface area contributed by atoms with Gasteiger partial charge >= 0.3 is 0 Å². The lowest BCUT2D eigenvalue weighted by molar-refractivity contribution is -0.117. The largest absolute Gasteiger partial charge is 0.503 e. The van der Waals surface area contributed by atoms with E-state index in [2.05, 4.69) is 15.9 Å². The van der Waals surface area contributed by atoms with E-state index in [1.54, 1.807) is 18.2 Å². The molecule has 1 unspecified atom stereocenters. The summed E-state index contributed by atoms with van der Waals surface area (Å²) in [6.07, 6.45) is 0. The Morgan fingerprint density at radius 3 is 2.71 bits per heavy atom. The van der Waals surface area contributed by atoms with Gasteiger partial charge in [0.2, 0.25) is 5.78 Å². The van der Waals surface area contributed by atoms with Crippen molar-refractivity contribution in [2.24, 2.45) is 0 Å². The van der Waals surface area contributed by atoms with Crippen molar-refractivity contribution in [1.82, 2.24) is 0 Å². The van der Waals surface area contributed by atoms with Crippen LogP contribution < -0.4 is 4.90 Å². The van der Waals surface area contributed by atoms with Crippen LogP contribution in [0.4, 0.5) is 5.69 Å². The second-order valence-electron chi connectivity index (χ2n) is 7.32. The molecule has 2 aromatic heterocycles.